The molecule has 2 heterocycles. The van der Waals surface area contributed by atoms with Crippen molar-refractivity contribution in [2.75, 3.05) is 51.6 Å². The van der Waals surface area contributed by atoms with Crippen LogP contribution in [0.4, 0.5) is 20.2 Å². The molecule has 0 atom stereocenters. The first-order valence-electron chi connectivity index (χ1n) is 12.9. The molecule has 0 aliphatic rings. The number of ether oxygens (including phenoxy) is 1. The molecule has 10 nitrogen and oxygen atoms in total. The zero-order chi connectivity index (χ0) is 29.7. The number of nitrogens with zero attached hydrogens (tertiary/aromatic N) is 6. The summed E-state index contributed by atoms with van der Waals surface area (Å²) in [5, 5.41) is 2.87. The van der Waals surface area contributed by atoms with E-state index in [4.69, 9.17) is 4.74 Å². The van der Waals surface area contributed by atoms with Crippen molar-refractivity contribution in [3.8, 4) is 11.6 Å². The number of anilines is 2. The molecule has 0 spiro atoms. The van der Waals surface area contributed by atoms with E-state index < -0.39 is 18.7 Å². The third-order valence-corrected chi connectivity index (χ3v) is 6.56. The molecular weight excluding hydrogens is 532 g/mol. The molecule has 41 heavy (non-hydrogen) atoms. The van der Waals surface area contributed by atoms with Crippen LogP contribution in [0.1, 0.15) is 11.4 Å². The lowest BCUT2D eigenvalue weighted by Crippen LogP contribution is -2.29. The number of fused-ring (bicyclic) bond motifs is 1. The number of nitrogens with one attached hydrogen (secondary N) is 1. The molecule has 0 aliphatic carbocycles. The van der Waals surface area contributed by atoms with Crippen LogP contribution in [0.25, 0.3) is 16.9 Å². The average Bonchev–Trinajstić information content (AvgIpc) is 3.22. The van der Waals surface area contributed by atoms with Gasteiger partial charge in [0.2, 0.25) is 5.91 Å². The fourth-order valence-electron chi connectivity index (χ4n) is 4.52. The summed E-state index contributed by atoms with van der Waals surface area (Å²) in [6.07, 6.45) is 0.225. The number of amides is 1. The first-order valence-corrected chi connectivity index (χ1v) is 12.9. The van der Waals surface area contributed by atoms with Crippen molar-refractivity contribution in [1.29, 1.82) is 0 Å². The Kier molecular flexibility index (Phi) is 9.13. The molecule has 0 aliphatic heterocycles. The number of carbonyl (C=O) groups excluding carboxylic acids is 1. The van der Waals surface area contributed by atoms with Crippen molar-refractivity contribution >= 4 is 28.3 Å². The van der Waals surface area contributed by atoms with Gasteiger partial charge >= 0.3 is 5.69 Å². The second kappa shape index (κ2) is 12.7. The van der Waals surface area contributed by atoms with Crippen LogP contribution in [0.15, 0.2) is 66.1 Å². The van der Waals surface area contributed by atoms with Gasteiger partial charge in [0, 0.05) is 44.4 Å². The van der Waals surface area contributed by atoms with Gasteiger partial charge in [0.05, 0.1) is 36.1 Å². The Hall–Kier alpha value is -4.58. The molecule has 1 amide bonds. The molecule has 216 valence electrons. The zero-order valence-corrected chi connectivity index (χ0v) is 23.5. The summed E-state index contributed by atoms with van der Waals surface area (Å²) in [5.74, 6) is 0.825. The Morgan fingerprint density at radius 1 is 1.15 bits per heavy atom. The number of rotatable bonds is 12. The maximum Gasteiger partial charge on any atom is 0.335 e. The minimum atomic E-state index is -2.69. The fourth-order valence-corrected chi connectivity index (χ4v) is 4.52. The van der Waals surface area contributed by atoms with Crippen molar-refractivity contribution < 1.29 is 18.3 Å². The summed E-state index contributed by atoms with van der Waals surface area (Å²) in [4.78, 5) is 38.6. The Morgan fingerprint density at radius 3 is 2.54 bits per heavy atom. The molecule has 4 aromatic rings. The number of hydrogen-bond donors (Lipinski definition) is 1. The molecule has 0 bridgehead atoms. The number of methoxy groups -OCH3 is 1. The minimum absolute atomic E-state index is 0.208. The van der Waals surface area contributed by atoms with Crippen LogP contribution < -0.4 is 20.6 Å². The summed E-state index contributed by atoms with van der Waals surface area (Å²) in [5.41, 5.74) is 2.25. The lowest BCUT2D eigenvalue weighted by atomic mass is 10.1. The molecule has 0 fully saturated rings. The fraction of sp³-hybridized carbons (Fsp3) is 0.310. The minimum Gasteiger partial charge on any atom is -0.496 e. The quantitative estimate of drug-likeness (QED) is 0.262. The Balaban J connectivity index is 1.75. The Labute approximate surface area is 236 Å². The van der Waals surface area contributed by atoms with Crippen LogP contribution in [-0.2, 0) is 17.8 Å². The van der Waals surface area contributed by atoms with E-state index in [1.165, 1.54) is 16.8 Å². The summed E-state index contributed by atoms with van der Waals surface area (Å²) in [6.45, 7) is 4.32. The van der Waals surface area contributed by atoms with Gasteiger partial charge in [-0.1, -0.05) is 18.7 Å². The number of hydrogen-bond acceptors (Lipinski definition) is 7. The van der Waals surface area contributed by atoms with Crippen molar-refractivity contribution in [1.82, 2.24) is 24.0 Å². The first kappa shape index (κ1) is 29.4. The number of alkyl halides is 2. The number of halogens is 2. The van der Waals surface area contributed by atoms with Crippen LogP contribution in [-0.4, -0.2) is 77.7 Å². The van der Waals surface area contributed by atoms with Gasteiger partial charge in [0.1, 0.15) is 17.4 Å². The number of imidazole rings is 1. The van der Waals surface area contributed by atoms with Gasteiger partial charge < -0.3 is 19.9 Å². The monoisotopic (exact) mass is 565 g/mol. The highest BCUT2D eigenvalue weighted by atomic mass is 19.3. The lowest BCUT2D eigenvalue weighted by molar-refractivity contribution is -0.111. The van der Waals surface area contributed by atoms with Gasteiger partial charge in [-0.3, -0.25) is 9.36 Å². The summed E-state index contributed by atoms with van der Waals surface area (Å²) in [6, 6.07) is 11.9. The third kappa shape index (κ3) is 6.60. The molecule has 0 saturated heterocycles. The second-order valence-corrected chi connectivity index (χ2v) is 9.72. The SMILES string of the molecule is C=CC(=O)Nc1cc(Cc2nccc(-n3c(=O)n(CC(F)F)c4ccccc43)n2)c(OC)cc1N(C)CCN(C)C. The number of para-hydroxylation sites is 2. The average molecular weight is 566 g/mol. The van der Waals surface area contributed by atoms with Gasteiger partial charge in [-0.2, -0.15) is 0 Å². The largest absolute Gasteiger partial charge is 0.496 e. The van der Waals surface area contributed by atoms with E-state index in [1.54, 1.807) is 43.5 Å². The van der Waals surface area contributed by atoms with Crippen LogP contribution in [0.3, 0.4) is 0 Å². The molecule has 0 saturated carbocycles. The number of aromatic nitrogens is 4. The Bertz CT molecular complexity index is 1610. The van der Waals surface area contributed by atoms with Crippen molar-refractivity contribution in [2.45, 2.75) is 19.4 Å². The topological polar surface area (TPSA) is 97.5 Å². The number of likely N-dealkylation sites (N-methyl/N-ethyl adjacent to an activating group) is 2. The van der Waals surface area contributed by atoms with E-state index in [-0.39, 0.29) is 18.1 Å². The van der Waals surface area contributed by atoms with Crippen LogP contribution in [0.5, 0.6) is 5.75 Å². The van der Waals surface area contributed by atoms with Gasteiger partial charge in [0.15, 0.2) is 0 Å². The maximum atomic E-state index is 13.3. The molecule has 0 radical (unpaired) electrons. The molecular formula is C29H33F2N7O3. The predicted molar refractivity (Wildman–Crippen MR) is 156 cm³/mol. The highest BCUT2D eigenvalue weighted by Gasteiger charge is 2.20. The molecule has 12 heteroatoms. The zero-order valence-electron chi connectivity index (χ0n) is 23.5. The van der Waals surface area contributed by atoms with E-state index in [9.17, 15) is 18.4 Å². The number of benzene rings is 2. The van der Waals surface area contributed by atoms with Gasteiger partial charge in [-0.05, 0) is 44.4 Å². The van der Waals surface area contributed by atoms with Crippen molar-refractivity contribution in [3.63, 3.8) is 0 Å². The van der Waals surface area contributed by atoms with E-state index in [2.05, 4.69) is 26.8 Å². The van der Waals surface area contributed by atoms with Crippen molar-refractivity contribution in [3.05, 3.63) is 83.2 Å². The summed E-state index contributed by atoms with van der Waals surface area (Å²) in [7, 11) is 7.45. The van der Waals surface area contributed by atoms with E-state index in [1.807, 2.05) is 32.1 Å². The Morgan fingerprint density at radius 2 is 1.88 bits per heavy atom. The van der Waals surface area contributed by atoms with Gasteiger partial charge in [-0.25, -0.2) is 28.1 Å². The van der Waals surface area contributed by atoms with E-state index in [0.717, 1.165) is 16.8 Å². The summed E-state index contributed by atoms with van der Waals surface area (Å²) >= 11 is 0. The standard InChI is InChI=1S/C29H33F2N7O3/c1-6-28(39)33-20-15-19(24(41-5)17-23(20)36(4)14-13-35(2)3)16-26-32-12-11-27(34-26)38-22-10-8-7-9-21(22)37(29(38)40)18-25(30)31/h6-12,15,17,25H,1,13-14,16,18H2,2-5H3,(H,33,39). The highest BCUT2D eigenvalue weighted by Crippen LogP contribution is 2.34. The van der Waals surface area contributed by atoms with Gasteiger partial charge in [0.25, 0.3) is 6.43 Å². The van der Waals surface area contributed by atoms with Crippen LogP contribution >= 0.6 is 0 Å². The smallest absolute Gasteiger partial charge is 0.335 e. The molecule has 2 aromatic heterocycles. The van der Waals surface area contributed by atoms with E-state index in [0.29, 0.717) is 40.4 Å². The predicted octanol–water partition coefficient (Wildman–Crippen LogP) is 3.57. The number of carbonyl (C=O) groups is 1. The maximum absolute atomic E-state index is 13.3. The first-order chi connectivity index (χ1) is 19.6. The van der Waals surface area contributed by atoms with Crippen LogP contribution in [0, 0.1) is 0 Å². The summed E-state index contributed by atoms with van der Waals surface area (Å²) < 4.78 is 34.6. The molecule has 1 N–H and O–H groups in total. The molecule has 4 rings (SSSR count). The third-order valence-electron chi connectivity index (χ3n) is 6.56. The molecule has 2 aromatic carbocycles. The highest BCUT2D eigenvalue weighted by molar-refractivity contribution is 6.01. The van der Waals surface area contributed by atoms with E-state index >= 15 is 0 Å². The van der Waals surface area contributed by atoms with Crippen molar-refractivity contribution in [2.24, 2.45) is 0 Å². The second-order valence-electron chi connectivity index (χ2n) is 9.72. The van der Waals surface area contributed by atoms with Gasteiger partial charge in [-0.15, -0.1) is 0 Å². The van der Waals surface area contributed by atoms with Crippen LogP contribution in [0.2, 0.25) is 0 Å². The normalized spacial score (nSPS) is 11.3. The molecule has 0 unspecified atom stereocenters. The lowest BCUT2D eigenvalue weighted by Gasteiger charge is -2.25.